The van der Waals surface area contributed by atoms with Crippen molar-refractivity contribution in [2.75, 3.05) is 19.6 Å². The summed E-state index contributed by atoms with van der Waals surface area (Å²) in [7, 11) is 0. The molecule has 1 fully saturated rings. The fourth-order valence-electron chi connectivity index (χ4n) is 2.60. The molecule has 2 nitrogen and oxygen atoms in total. The van der Waals surface area contributed by atoms with Gasteiger partial charge >= 0.3 is 0 Å². The number of likely N-dealkylation sites (tertiary alicyclic amines) is 1. The van der Waals surface area contributed by atoms with E-state index in [1.165, 1.54) is 37.9 Å². The van der Waals surface area contributed by atoms with Gasteiger partial charge in [0, 0.05) is 6.54 Å². The fraction of sp³-hybridized carbons (Fsp3) is 0.625. The lowest BCUT2D eigenvalue weighted by Gasteiger charge is -2.31. The van der Waals surface area contributed by atoms with Crippen LogP contribution in [0.3, 0.4) is 0 Å². The number of hydrogen-bond donors (Lipinski definition) is 0. The van der Waals surface area contributed by atoms with E-state index in [4.69, 9.17) is 4.74 Å². The van der Waals surface area contributed by atoms with Gasteiger partial charge in [0.15, 0.2) is 0 Å². The van der Waals surface area contributed by atoms with Crippen LogP contribution in [0.4, 0.5) is 0 Å². The Morgan fingerprint density at radius 2 is 1.72 bits per heavy atom. The molecule has 1 aromatic rings. The van der Waals surface area contributed by atoms with Gasteiger partial charge in [0.25, 0.3) is 0 Å². The third kappa shape index (κ3) is 4.11. The molecule has 2 rings (SSSR count). The lowest BCUT2D eigenvalue weighted by atomic mass is 10.1. The van der Waals surface area contributed by atoms with E-state index in [0.29, 0.717) is 0 Å². The summed E-state index contributed by atoms with van der Waals surface area (Å²) in [6.45, 7) is 7.72. The highest BCUT2D eigenvalue weighted by Gasteiger charge is 2.19. The Kier molecular flexibility index (Phi) is 5.21. The van der Waals surface area contributed by atoms with Crippen LogP contribution in [0.2, 0.25) is 0 Å². The van der Waals surface area contributed by atoms with Crippen LogP contribution in [0.15, 0.2) is 30.3 Å². The van der Waals surface area contributed by atoms with Crippen LogP contribution < -0.4 is 0 Å². The van der Waals surface area contributed by atoms with Crippen molar-refractivity contribution < 1.29 is 4.74 Å². The minimum absolute atomic E-state index is 0.212. The maximum atomic E-state index is 6.10. The van der Waals surface area contributed by atoms with Gasteiger partial charge in [-0.3, -0.25) is 0 Å². The first-order valence-electron chi connectivity index (χ1n) is 7.18. The summed E-state index contributed by atoms with van der Waals surface area (Å²) < 4.78 is 6.10. The molecule has 0 amide bonds. The van der Waals surface area contributed by atoms with Gasteiger partial charge in [-0.15, -0.1) is 0 Å². The summed E-state index contributed by atoms with van der Waals surface area (Å²) in [5, 5.41) is 0. The molecule has 1 saturated heterocycles. The highest BCUT2D eigenvalue weighted by Crippen LogP contribution is 2.22. The Hall–Kier alpha value is -0.860. The van der Waals surface area contributed by atoms with Gasteiger partial charge in [0.05, 0.1) is 12.2 Å². The van der Waals surface area contributed by atoms with E-state index < -0.39 is 0 Å². The zero-order valence-electron chi connectivity index (χ0n) is 11.6. The van der Waals surface area contributed by atoms with Crippen molar-refractivity contribution in [3.63, 3.8) is 0 Å². The highest BCUT2D eigenvalue weighted by atomic mass is 16.5. The minimum Gasteiger partial charge on any atom is -0.370 e. The molecule has 1 aliphatic rings. The first-order chi connectivity index (χ1) is 8.75. The molecular weight excluding hydrogens is 222 g/mol. The zero-order chi connectivity index (χ0) is 12.8. The predicted octanol–water partition coefficient (Wildman–Crippen LogP) is 3.64. The first-order valence-corrected chi connectivity index (χ1v) is 7.18. The summed E-state index contributed by atoms with van der Waals surface area (Å²) in [6.07, 6.45) is 4.55. The second-order valence-corrected chi connectivity index (χ2v) is 5.45. The molecule has 0 aromatic heterocycles. The Balaban J connectivity index is 2.00. The molecule has 0 unspecified atom stereocenters. The predicted molar refractivity (Wildman–Crippen MR) is 75.7 cm³/mol. The van der Waals surface area contributed by atoms with Gasteiger partial charge in [-0.2, -0.15) is 0 Å². The number of hydrogen-bond acceptors (Lipinski definition) is 2. The van der Waals surface area contributed by atoms with Crippen LogP contribution >= 0.6 is 0 Å². The van der Waals surface area contributed by atoms with E-state index in [2.05, 4.69) is 49.1 Å². The molecule has 0 spiro atoms. The van der Waals surface area contributed by atoms with Crippen molar-refractivity contribution >= 4 is 0 Å². The van der Waals surface area contributed by atoms with E-state index in [1.807, 2.05) is 0 Å². The third-order valence-corrected chi connectivity index (χ3v) is 3.48. The molecule has 1 aromatic carbocycles. The summed E-state index contributed by atoms with van der Waals surface area (Å²) in [4.78, 5) is 2.55. The summed E-state index contributed by atoms with van der Waals surface area (Å²) in [6, 6.07) is 10.6. The number of benzene rings is 1. The monoisotopic (exact) mass is 247 g/mol. The largest absolute Gasteiger partial charge is 0.370 e. The summed E-state index contributed by atoms with van der Waals surface area (Å²) in [5.74, 6) is 0. The van der Waals surface area contributed by atoms with Crippen molar-refractivity contribution in [1.29, 1.82) is 0 Å². The molecule has 0 N–H and O–H groups in total. The Labute approximate surface area is 111 Å². The molecule has 1 atom stereocenters. The van der Waals surface area contributed by atoms with E-state index in [1.54, 1.807) is 0 Å². The van der Waals surface area contributed by atoms with E-state index >= 15 is 0 Å². The Bertz CT molecular complexity index is 330. The highest BCUT2D eigenvalue weighted by molar-refractivity contribution is 5.18. The average Bonchev–Trinajstić information content (AvgIpc) is 2.40. The van der Waals surface area contributed by atoms with Gasteiger partial charge in [0.2, 0.25) is 0 Å². The van der Waals surface area contributed by atoms with Crippen LogP contribution in [-0.4, -0.2) is 30.6 Å². The maximum absolute atomic E-state index is 6.10. The lowest BCUT2D eigenvalue weighted by molar-refractivity contribution is -0.0163. The number of ether oxygens (including phenoxy) is 1. The smallest absolute Gasteiger partial charge is 0.0955 e. The molecule has 0 bridgehead atoms. The quantitative estimate of drug-likeness (QED) is 0.787. The summed E-state index contributed by atoms with van der Waals surface area (Å²) >= 11 is 0. The lowest BCUT2D eigenvalue weighted by Crippen LogP contribution is -2.34. The first kappa shape index (κ1) is 13.6. The van der Waals surface area contributed by atoms with Crippen molar-refractivity contribution in [2.24, 2.45) is 0 Å². The number of piperidine rings is 1. The minimum atomic E-state index is 0.212. The van der Waals surface area contributed by atoms with E-state index in [9.17, 15) is 0 Å². The van der Waals surface area contributed by atoms with Gasteiger partial charge in [-0.25, -0.2) is 0 Å². The normalized spacial score (nSPS) is 19.1. The molecule has 100 valence electrons. The third-order valence-electron chi connectivity index (χ3n) is 3.48. The van der Waals surface area contributed by atoms with Gasteiger partial charge < -0.3 is 9.64 Å². The Morgan fingerprint density at radius 3 is 2.33 bits per heavy atom. The zero-order valence-corrected chi connectivity index (χ0v) is 11.6. The van der Waals surface area contributed by atoms with Crippen LogP contribution in [0.1, 0.15) is 44.8 Å². The second kappa shape index (κ2) is 6.91. The van der Waals surface area contributed by atoms with Crippen molar-refractivity contribution in [3.05, 3.63) is 35.9 Å². The van der Waals surface area contributed by atoms with Crippen LogP contribution in [-0.2, 0) is 4.74 Å². The number of nitrogens with zero attached hydrogens (tertiary/aromatic N) is 1. The van der Waals surface area contributed by atoms with Gasteiger partial charge in [-0.05, 0) is 45.3 Å². The average molecular weight is 247 g/mol. The van der Waals surface area contributed by atoms with E-state index in [0.717, 1.165) is 6.54 Å². The van der Waals surface area contributed by atoms with E-state index in [-0.39, 0.29) is 12.2 Å². The topological polar surface area (TPSA) is 12.5 Å². The molecule has 0 radical (unpaired) electrons. The van der Waals surface area contributed by atoms with Crippen LogP contribution in [0, 0.1) is 0 Å². The van der Waals surface area contributed by atoms with Crippen molar-refractivity contribution in [2.45, 2.75) is 45.3 Å². The SMILES string of the molecule is CC(C)O[C@H](CN1CCCCC1)c1ccccc1. The van der Waals surface area contributed by atoms with Gasteiger partial charge in [0.1, 0.15) is 0 Å². The molecule has 18 heavy (non-hydrogen) atoms. The van der Waals surface area contributed by atoms with Crippen molar-refractivity contribution in [3.8, 4) is 0 Å². The molecule has 0 aliphatic carbocycles. The fourth-order valence-corrected chi connectivity index (χ4v) is 2.60. The molecule has 1 heterocycles. The second-order valence-electron chi connectivity index (χ2n) is 5.45. The molecule has 1 aliphatic heterocycles. The van der Waals surface area contributed by atoms with Crippen LogP contribution in [0.25, 0.3) is 0 Å². The summed E-state index contributed by atoms with van der Waals surface area (Å²) in [5.41, 5.74) is 1.30. The Morgan fingerprint density at radius 1 is 1.06 bits per heavy atom. The maximum Gasteiger partial charge on any atom is 0.0955 e. The molecule has 2 heteroatoms. The van der Waals surface area contributed by atoms with Gasteiger partial charge in [-0.1, -0.05) is 36.8 Å². The standard InChI is InChI=1S/C16H25NO/c1-14(2)18-16(15-9-5-3-6-10-15)13-17-11-7-4-8-12-17/h3,5-6,9-10,14,16H,4,7-8,11-13H2,1-2H3/t16-/m1/s1. The number of rotatable bonds is 5. The van der Waals surface area contributed by atoms with Crippen LogP contribution in [0.5, 0.6) is 0 Å². The molecule has 0 saturated carbocycles. The van der Waals surface area contributed by atoms with Crippen molar-refractivity contribution in [1.82, 2.24) is 4.90 Å². The molecular formula is C16H25NO.